The van der Waals surface area contributed by atoms with Crippen LogP contribution in [0, 0.1) is 17.3 Å². The molecule has 0 saturated heterocycles. The van der Waals surface area contributed by atoms with Gasteiger partial charge in [0.1, 0.15) is 0 Å². The predicted octanol–water partition coefficient (Wildman–Crippen LogP) is 2.34. The van der Waals surface area contributed by atoms with E-state index in [1.807, 2.05) is 0 Å². The lowest BCUT2D eigenvalue weighted by Crippen LogP contribution is -2.37. The highest BCUT2D eigenvalue weighted by molar-refractivity contribution is 5.07. The molecule has 0 aromatic heterocycles. The fraction of sp³-hybridized carbons (Fsp3) is 1.00. The lowest BCUT2D eigenvalue weighted by Gasteiger charge is -2.37. The molecular weight excluding hydrogens is 148 g/mol. The molecule has 1 nitrogen and oxygen atoms in total. The van der Waals surface area contributed by atoms with Crippen LogP contribution in [0.3, 0.4) is 0 Å². The first-order chi connectivity index (χ1) is 5.83. The Morgan fingerprint density at radius 1 is 1.08 bits per heavy atom. The van der Waals surface area contributed by atoms with Gasteiger partial charge in [0.2, 0.25) is 0 Å². The van der Waals surface area contributed by atoms with Gasteiger partial charge in [-0.05, 0) is 49.4 Å². The third-order valence-corrected chi connectivity index (χ3v) is 4.85. The van der Waals surface area contributed by atoms with Gasteiger partial charge in [-0.15, -0.1) is 0 Å². The highest BCUT2D eigenvalue weighted by Gasteiger charge is 2.57. The standard InChI is InChI=1S/C11H18O/c12-10-8-3-1-5-11(10)6-2-4-9(11)7-8/h8-10,12H,1-7H2/t8-,9-,10?,11-/m1/s1. The van der Waals surface area contributed by atoms with Gasteiger partial charge in [-0.2, -0.15) is 0 Å². The highest BCUT2D eigenvalue weighted by Crippen LogP contribution is 2.62. The minimum Gasteiger partial charge on any atom is -0.392 e. The van der Waals surface area contributed by atoms with E-state index in [1.54, 1.807) is 0 Å². The van der Waals surface area contributed by atoms with Gasteiger partial charge in [0.05, 0.1) is 6.10 Å². The van der Waals surface area contributed by atoms with E-state index in [4.69, 9.17) is 0 Å². The molecule has 1 heteroatoms. The number of hydrogen-bond donors (Lipinski definition) is 1. The average molecular weight is 166 g/mol. The van der Waals surface area contributed by atoms with Crippen molar-refractivity contribution < 1.29 is 5.11 Å². The molecule has 1 N–H and O–H groups in total. The van der Waals surface area contributed by atoms with Crippen LogP contribution in [0.15, 0.2) is 0 Å². The largest absolute Gasteiger partial charge is 0.392 e. The number of hydrogen-bond acceptors (Lipinski definition) is 1. The zero-order valence-corrected chi connectivity index (χ0v) is 7.63. The van der Waals surface area contributed by atoms with Gasteiger partial charge in [0, 0.05) is 0 Å². The molecule has 1 unspecified atom stereocenters. The molecule has 3 saturated carbocycles. The zero-order chi connectivity index (χ0) is 8.18. The first-order valence-electron chi connectivity index (χ1n) is 5.51. The minimum atomic E-state index is 0.0822. The van der Waals surface area contributed by atoms with Gasteiger partial charge in [-0.3, -0.25) is 0 Å². The van der Waals surface area contributed by atoms with Crippen molar-refractivity contribution in [2.24, 2.45) is 17.3 Å². The molecule has 0 heterocycles. The predicted molar refractivity (Wildman–Crippen MR) is 47.7 cm³/mol. The average Bonchev–Trinajstić information content (AvgIpc) is 2.48. The molecule has 0 aromatic carbocycles. The van der Waals surface area contributed by atoms with Crippen LogP contribution < -0.4 is 0 Å². The molecule has 68 valence electrons. The second kappa shape index (κ2) is 2.25. The molecule has 3 aliphatic carbocycles. The first-order valence-corrected chi connectivity index (χ1v) is 5.51. The molecule has 3 aliphatic rings. The van der Waals surface area contributed by atoms with Crippen LogP contribution in [0.2, 0.25) is 0 Å². The summed E-state index contributed by atoms with van der Waals surface area (Å²) in [6.45, 7) is 0. The molecule has 3 rings (SSSR count). The molecule has 12 heavy (non-hydrogen) atoms. The van der Waals surface area contributed by atoms with Crippen LogP contribution in [-0.4, -0.2) is 11.2 Å². The van der Waals surface area contributed by atoms with Crippen LogP contribution in [0.4, 0.5) is 0 Å². The van der Waals surface area contributed by atoms with E-state index in [0.29, 0.717) is 11.3 Å². The molecule has 0 amide bonds. The van der Waals surface area contributed by atoms with Crippen LogP contribution in [-0.2, 0) is 0 Å². The smallest absolute Gasteiger partial charge is 0.0627 e. The fourth-order valence-corrected chi connectivity index (χ4v) is 4.32. The van der Waals surface area contributed by atoms with Crippen molar-refractivity contribution in [1.82, 2.24) is 0 Å². The summed E-state index contributed by atoms with van der Waals surface area (Å²) in [5.74, 6) is 1.59. The Bertz CT molecular complexity index is 197. The quantitative estimate of drug-likeness (QED) is 0.585. The fourth-order valence-electron chi connectivity index (χ4n) is 4.32. The Balaban J connectivity index is 1.99. The highest BCUT2D eigenvalue weighted by atomic mass is 16.3. The summed E-state index contributed by atoms with van der Waals surface area (Å²) in [4.78, 5) is 0. The van der Waals surface area contributed by atoms with E-state index in [-0.39, 0.29) is 6.10 Å². The van der Waals surface area contributed by atoms with E-state index in [9.17, 15) is 5.11 Å². The van der Waals surface area contributed by atoms with E-state index in [1.165, 1.54) is 44.9 Å². The summed E-state index contributed by atoms with van der Waals surface area (Å²) < 4.78 is 0. The van der Waals surface area contributed by atoms with Gasteiger partial charge < -0.3 is 5.11 Å². The monoisotopic (exact) mass is 166 g/mol. The summed E-state index contributed by atoms with van der Waals surface area (Å²) in [5, 5.41) is 10.2. The normalized spacial score (nSPS) is 57.2. The lowest BCUT2D eigenvalue weighted by molar-refractivity contribution is -0.0163. The van der Waals surface area contributed by atoms with E-state index < -0.39 is 0 Å². The molecule has 2 bridgehead atoms. The number of rotatable bonds is 0. The minimum absolute atomic E-state index is 0.0822. The Kier molecular flexibility index (Phi) is 1.39. The topological polar surface area (TPSA) is 20.2 Å². The number of fused-ring (bicyclic) bond motifs is 1. The lowest BCUT2D eigenvalue weighted by atomic mass is 9.71. The number of aliphatic hydroxyl groups is 1. The Labute approximate surface area is 74.2 Å². The Hall–Kier alpha value is -0.0400. The molecule has 4 atom stereocenters. The molecule has 0 aromatic rings. The summed E-state index contributed by atoms with van der Waals surface area (Å²) in [7, 11) is 0. The van der Waals surface area contributed by atoms with Gasteiger partial charge in [0.15, 0.2) is 0 Å². The second-order valence-electron chi connectivity index (χ2n) is 5.16. The second-order valence-corrected chi connectivity index (χ2v) is 5.16. The van der Waals surface area contributed by atoms with E-state index in [2.05, 4.69) is 0 Å². The third-order valence-electron chi connectivity index (χ3n) is 4.85. The maximum absolute atomic E-state index is 10.2. The Morgan fingerprint density at radius 2 is 1.83 bits per heavy atom. The van der Waals surface area contributed by atoms with Crippen molar-refractivity contribution in [1.29, 1.82) is 0 Å². The van der Waals surface area contributed by atoms with Gasteiger partial charge >= 0.3 is 0 Å². The Morgan fingerprint density at radius 3 is 2.67 bits per heavy atom. The van der Waals surface area contributed by atoms with E-state index >= 15 is 0 Å². The maximum Gasteiger partial charge on any atom is 0.0627 e. The van der Waals surface area contributed by atoms with E-state index in [0.717, 1.165) is 5.92 Å². The third kappa shape index (κ3) is 0.693. The maximum atomic E-state index is 10.2. The summed E-state index contributed by atoms with van der Waals surface area (Å²) in [5.41, 5.74) is 0.420. The van der Waals surface area contributed by atoms with Crippen molar-refractivity contribution in [3.8, 4) is 0 Å². The van der Waals surface area contributed by atoms with Crippen LogP contribution in [0.25, 0.3) is 0 Å². The van der Waals surface area contributed by atoms with Gasteiger partial charge in [0.25, 0.3) is 0 Å². The zero-order valence-electron chi connectivity index (χ0n) is 7.63. The summed E-state index contributed by atoms with van der Waals surface area (Å²) in [6, 6.07) is 0. The molecule has 1 spiro atoms. The SMILES string of the molecule is OC1[C@@H]2CCC[C@]13CCC[C@@H]3C2. The molecule has 3 fully saturated rings. The van der Waals surface area contributed by atoms with Crippen LogP contribution in [0.1, 0.15) is 44.9 Å². The van der Waals surface area contributed by atoms with Gasteiger partial charge in [-0.25, -0.2) is 0 Å². The molecule has 0 aliphatic heterocycles. The van der Waals surface area contributed by atoms with Crippen molar-refractivity contribution in [3.05, 3.63) is 0 Å². The van der Waals surface area contributed by atoms with Crippen LogP contribution >= 0.6 is 0 Å². The van der Waals surface area contributed by atoms with Crippen molar-refractivity contribution in [3.63, 3.8) is 0 Å². The van der Waals surface area contributed by atoms with Crippen molar-refractivity contribution in [2.75, 3.05) is 0 Å². The summed E-state index contributed by atoms with van der Waals surface area (Å²) in [6.07, 6.45) is 9.57. The van der Waals surface area contributed by atoms with Crippen molar-refractivity contribution in [2.45, 2.75) is 51.0 Å². The molecular formula is C11H18O. The van der Waals surface area contributed by atoms with Crippen molar-refractivity contribution >= 4 is 0 Å². The summed E-state index contributed by atoms with van der Waals surface area (Å²) >= 11 is 0. The van der Waals surface area contributed by atoms with Crippen LogP contribution in [0.5, 0.6) is 0 Å². The van der Waals surface area contributed by atoms with Gasteiger partial charge in [-0.1, -0.05) is 12.8 Å². The first kappa shape index (κ1) is 7.37. The molecule has 0 radical (unpaired) electrons. The number of aliphatic hydroxyl groups excluding tert-OH is 1.